The Labute approximate surface area is 184 Å². The second-order valence-corrected chi connectivity index (χ2v) is 10.3. The highest BCUT2D eigenvalue weighted by molar-refractivity contribution is 8.12. The van der Waals surface area contributed by atoms with Gasteiger partial charge in [-0.15, -0.1) is 11.8 Å². The molecule has 0 radical (unpaired) electrons. The first kappa shape index (κ1) is 22.8. The van der Waals surface area contributed by atoms with Crippen LogP contribution in [0.1, 0.15) is 56.9 Å². The molecule has 2 aliphatic rings. The van der Waals surface area contributed by atoms with Crippen LogP contribution in [0.2, 0.25) is 0 Å². The first-order valence-electron chi connectivity index (χ1n) is 10.7. The molecular formula is C23H34N4O2S. The van der Waals surface area contributed by atoms with Crippen LogP contribution in [-0.4, -0.2) is 54.0 Å². The van der Waals surface area contributed by atoms with Crippen LogP contribution in [0.5, 0.6) is 0 Å². The predicted molar refractivity (Wildman–Crippen MR) is 124 cm³/mol. The number of amides is 2. The Hall–Kier alpha value is -1.86. The van der Waals surface area contributed by atoms with Crippen LogP contribution >= 0.6 is 11.8 Å². The number of hydrogen-bond acceptors (Lipinski definition) is 5. The maximum absolute atomic E-state index is 13.1. The summed E-state index contributed by atoms with van der Waals surface area (Å²) in [5, 5.41) is 6.54. The van der Waals surface area contributed by atoms with E-state index >= 15 is 0 Å². The number of likely N-dealkylation sites (N-methyl/N-ethyl adjacent to an activating group) is 1. The van der Waals surface area contributed by atoms with Crippen molar-refractivity contribution in [1.29, 1.82) is 0 Å². The van der Waals surface area contributed by atoms with Gasteiger partial charge in [-0.1, -0.05) is 45.0 Å². The number of carbonyl (C=O) groups is 2. The maximum Gasteiger partial charge on any atom is 0.243 e. The van der Waals surface area contributed by atoms with Crippen LogP contribution < -0.4 is 10.6 Å². The van der Waals surface area contributed by atoms with Crippen LogP contribution in [0, 0.1) is 5.41 Å². The van der Waals surface area contributed by atoms with E-state index in [4.69, 9.17) is 0 Å². The topological polar surface area (TPSA) is 73.8 Å². The molecule has 2 amide bonds. The molecule has 7 heteroatoms. The summed E-state index contributed by atoms with van der Waals surface area (Å²) in [7, 11) is 1.81. The maximum atomic E-state index is 13.1. The molecule has 2 N–H and O–H groups in total. The Kier molecular flexibility index (Phi) is 7.24. The third kappa shape index (κ3) is 5.06. The fourth-order valence-corrected chi connectivity index (χ4v) is 5.28. The average molecular weight is 431 g/mol. The van der Waals surface area contributed by atoms with E-state index in [1.165, 1.54) is 5.56 Å². The molecule has 3 unspecified atom stereocenters. The lowest BCUT2D eigenvalue weighted by Gasteiger charge is -2.34. The van der Waals surface area contributed by atoms with Gasteiger partial charge in [0.1, 0.15) is 6.04 Å². The standard InChI is InChI=1S/C23H34N4O2S/c1-15-19(30-14-26-15)17-10-8-16(9-11-17)13-25-21(28)18-7-6-12-27(18)22(29)20(24-5)23(2,3)4/h8-11,14-15,18-20,24H,6-7,12-13H2,1-5H3,(H,25,28)/t15?,18?,19?,20-/m1/s1. The number of thioether (sulfide) groups is 1. The molecule has 1 saturated heterocycles. The minimum Gasteiger partial charge on any atom is -0.350 e. The molecule has 0 spiro atoms. The van der Waals surface area contributed by atoms with Crippen molar-refractivity contribution in [3.8, 4) is 0 Å². The molecule has 1 fully saturated rings. The number of nitrogens with zero attached hydrogens (tertiary/aromatic N) is 2. The van der Waals surface area contributed by atoms with Gasteiger partial charge in [-0.05, 0) is 43.4 Å². The van der Waals surface area contributed by atoms with Gasteiger partial charge >= 0.3 is 0 Å². The van der Waals surface area contributed by atoms with Gasteiger partial charge in [-0.2, -0.15) is 0 Å². The Bertz CT molecular complexity index is 787. The third-order valence-corrected chi connectivity index (χ3v) is 7.16. The molecular weight excluding hydrogens is 396 g/mol. The Morgan fingerprint density at radius 1 is 1.27 bits per heavy atom. The molecule has 1 aromatic rings. The highest BCUT2D eigenvalue weighted by Crippen LogP contribution is 2.36. The highest BCUT2D eigenvalue weighted by Gasteiger charge is 2.40. The lowest BCUT2D eigenvalue weighted by Crippen LogP contribution is -2.55. The van der Waals surface area contributed by atoms with E-state index in [-0.39, 0.29) is 29.3 Å². The zero-order valence-corrected chi connectivity index (χ0v) is 19.5. The van der Waals surface area contributed by atoms with Crippen LogP contribution in [0.3, 0.4) is 0 Å². The molecule has 0 bridgehead atoms. The summed E-state index contributed by atoms with van der Waals surface area (Å²) in [6.45, 7) is 9.35. The molecule has 4 atom stereocenters. The number of aliphatic imine (C=N–C) groups is 1. The molecule has 3 rings (SSSR count). The zero-order valence-electron chi connectivity index (χ0n) is 18.6. The van der Waals surface area contributed by atoms with E-state index < -0.39 is 0 Å². The van der Waals surface area contributed by atoms with Crippen molar-refractivity contribution in [1.82, 2.24) is 15.5 Å². The van der Waals surface area contributed by atoms with E-state index in [2.05, 4.69) is 46.8 Å². The van der Waals surface area contributed by atoms with Crippen molar-refractivity contribution in [3.05, 3.63) is 35.4 Å². The quantitative estimate of drug-likeness (QED) is 0.727. The van der Waals surface area contributed by atoms with Crippen LogP contribution in [0.4, 0.5) is 0 Å². The SMILES string of the molecule is CN[C@H](C(=O)N1CCCC1C(=O)NCc1ccc(C2SC=NC2C)cc1)C(C)(C)C. The molecule has 0 aliphatic carbocycles. The van der Waals surface area contributed by atoms with E-state index in [1.54, 1.807) is 23.7 Å². The first-order chi connectivity index (χ1) is 14.2. The lowest BCUT2D eigenvalue weighted by atomic mass is 9.86. The van der Waals surface area contributed by atoms with Gasteiger partial charge < -0.3 is 15.5 Å². The summed E-state index contributed by atoms with van der Waals surface area (Å²) in [6, 6.07) is 7.97. The van der Waals surface area contributed by atoms with Crippen LogP contribution in [0.25, 0.3) is 0 Å². The minimum absolute atomic E-state index is 0.0115. The lowest BCUT2D eigenvalue weighted by molar-refractivity contribution is -0.142. The molecule has 1 aromatic carbocycles. The van der Waals surface area contributed by atoms with Crippen molar-refractivity contribution in [3.63, 3.8) is 0 Å². The van der Waals surface area contributed by atoms with Gasteiger partial charge in [-0.25, -0.2) is 0 Å². The molecule has 2 heterocycles. The van der Waals surface area contributed by atoms with Gasteiger partial charge in [0.25, 0.3) is 0 Å². The van der Waals surface area contributed by atoms with Crippen LogP contribution in [-0.2, 0) is 16.1 Å². The number of hydrogen-bond donors (Lipinski definition) is 2. The van der Waals surface area contributed by atoms with Crippen molar-refractivity contribution in [2.45, 2.75) is 70.5 Å². The van der Waals surface area contributed by atoms with Gasteiger partial charge in [0.05, 0.1) is 22.9 Å². The number of nitrogens with one attached hydrogen (secondary N) is 2. The summed E-state index contributed by atoms with van der Waals surface area (Å²) in [6.07, 6.45) is 1.58. The van der Waals surface area contributed by atoms with Crippen molar-refractivity contribution >= 4 is 29.1 Å². The summed E-state index contributed by atoms with van der Waals surface area (Å²) in [4.78, 5) is 32.1. The van der Waals surface area contributed by atoms with E-state index in [0.29, 0.717) is 30.8 Å². The van der Waals surface area contributed by atoms with Gasteiger partial charge in [-0.3, -0.25) is 14.6 Å². The first-order valence-corrected chi connectivity index (χ1v) is 11.7. The predicted octanol–water partition coefficient (Wildman–Crippen LogP) is 3.13. The van der Waals surface area contributed by atoms with E-state index in [9.17, 15) is 9.59 Å². The van der Waals surface area contributed by atoms with E-state index in [0.717, 1.165) is 12.0 Å². The summed E-state index contributed by atoms with van der Waals surface area (Å²) < 4.78 is 0. The Balaban J connectivity index is 1.58. The largest absolute Gasteiger partial charge is 0.350 e. The van der Waals surface area contributed by atoms with Crippen LogP contribution in [0.15, 0.2) is 29.3 Å². The molecule has 6 nitrogen and oxygen atoms in total. The van der Waals surface area contributed by atoms with Crippen molar-refractivity contribution in [2.75, 3.05) is 13.6 Å². The Morgan fingerprint density at radius 3 is 2.53 bits per heavy atom. The fourth-order valence-electron chi connectivity index (χ4n) is 4.27. The number of rotatable bonds is 6. The Morgan fingerprint density at radius 2 is 1.97 bits per heavy atom. The second-order valence-electron chi connectivity index (χ2n) is 9.29. The summed E-state index contributed by atoms with van der Waals surface area (Å²) in [5.74, 6) is -0.0561. The number of likely N-dealkylation sites (tertiary alicyclic amines) is 1. The zero-order chi connectivity index (χ0) is 21.9. The minimum atomic E-state index is -0.386. The van der Waals surface area contributed by atoms with Gasteiger partial charge in [0.15, 0.2) is 0 Å². The molecule has 30 heavy (non-hydrogen) atoms. The third-order valence-electron chi connectivity index (χ3n) is 5.96. The highest BCUT2D eigenvalue weighted by atomic mass is 32.2. The summed E-state index contributed by atoms with van der Waals surface area (Å²) in [5.41, 5.74) is 4.03. The van der Waals surface area contributed by atoms with Gasteiger partial charge in [0, 0.05) is 13.1 Å². The summed E-state index contributed by atoms with van der Waals surface area (Å²) >= 11 is 1.75. The van der Waals surface area contributed by atoms with Crippen molar-refractivity contribution in [2.24, 2.45) is 10.4 Å². The average Bonchev–Trinajstić information content (AvgIpc) is 3.35. The normalized spacial score (nSPS) is 24.8. The molecule has 164 valence electrons. The molecule has 0 aromatic heterocycles. The number of benzene rings is 1. The molecule has 0 saturated carbocycles. The number of carbonyl (C=O) groups excluding carboxylic acids is 2. The molecule has 2 aliphatic heterocycles. The second kappa shape index (κ2) is 9.52. The van der Waals surface area contributed by atoms with E-state index in [1.807, 2.05) is 26.3 Å². The fraction of sp³-hybridized carbons (Fsp3) is 0.609. The smallest absolute Gasteiger partial charge is 0.243 e. The van der Waals surface area contributed by atoms with Gasteiger partial charge in [0.2, 0.25) is 11.8 Å². The van der Waals surface area contributed by atoms with Crippen molar-refractivity contribution < 1.29 is 9.59 Å². The monoisotopic (exact) mass is 430 g/mol.